The molecular weight excluding hydrogens is 302 g/mol. The molecule has 4 N–H and O–H groups in total. The van der Waals surface area contributed by atoms with Gasteiger partial charge >= 0.3 is 6.03 Å². The van der Waals surface area contributed by atoms with Gasteiger partial charge in [-0.25, -0.2) is 4.79 Å². The molecule has 2 amide bonds. The fourth-order valence-electron chi connectivity index (χ4n) is 3.59. The number of fused-ring (bicyclic) bond motifs is 3. The third kappa shape index (κ3) is 4.01. The number of piperidine rings is 3. The largest absolute Gasteiger partial charge is 0.323 e. The second kappa shape index (κ2) is 7.59. The molecule has 0 radical (unpaired) electrons. The van der Waals surface area contributed by atoms with E-state index < -0.39 is 0 Å². The fourth-order valence-corrected chi connectivity index (χ4v) is 3.59. The van der Waals surface area contributed by atoms with Crippen LogP contribution in [0.3, 0.4) is 0 Å². The highest BCUT2D eigenvalue weighted by atomic mass is 16.2. The summed E-state index contributed by atoms with van der Waals surface area (Å²) in [7, 11) is 1.84. The highest BCUT2D eigenvalue weighted by Gasteiger charge is 2.37. The van der Waals surface area contributed by atoms with Gasteiger partial charge in [0.2, 0.25) is 0 Å². The molecule has 24 heavy (non-hydrogen) atoms. The van der Waals surface area contributed by atoms with Gasteiger partial charge in [0.25, 0.3) is 0 Å². The molecule has 128 valence electrons. The summed E-state index contributed by atoms with van der Waals surface area (Å²) >= 11 is 0. The Morgan fingerprint density at radius 2 is 2.04 bits per heavy atom. The Hall–Kier alpha value is -2.18. The Kier molecular flexibility index (Phi) is 5.27. The first-order chi connectivity index (χ1) is 11.6. The molecule has 3 saturated heterocycles. The van der Waals surface area contributed by atoms with Crippen LogP contribution in [0.25, 0.3) is 0 Å². The maximum atomic E-state index is 12.4. The van der Waals surface area contributed by atoms with Crippen molar-refractivity contribution in [3.63, 3.8) is 0 Å². The van der Waals surface area contributed by atoms with Gasteiger partial charge < -0.3 is 9.80 Å². The van der Waals surface area contributed by atoms with Crippen molar-refractivity contribution in [1.82, 2.24) is 15.1 Å². The van der Waals surface area contributed by atoms with Gasteiger partial charge in [-0.3, -0.25) is 16.0 Å². The van der Waals surface area contributed by atoms with Crippen LogP contribution in [0.2, 0.25) is 0 Å². The summed E-state index contributed by atoms with van der Waals surface area (Å²) in [5.41, 5.74) is 1.07. The van der Waals surface area contributed by atoms with E-state index in [1.165, 1.54) is 12.8 Å². The van der Waals surface area contributed by atoms with E-state index in [9.17, 15) is 4.79 Å². The summed E-state index contributed by atoms with van der Waals surface area (Å²) < 4.78 is 0. The van der Waals surface area contributed by atoms with E-state index in [-0.39, 0.29) is 17.9 Å². The number of hydrogen-bond donors (Lipinski definition) is 3. The number of benzene rings is 1. The van der Waals surface area contributed by atoms with Crippen LogP contribution in [0.5, 0.6) is 0 Å². The number of urea groups is 1. The number of carbonyl (C=O) groups excluding carboxylic acids is 1. The van der Waals surface area contributed by atoms with E-state index in [2.05, 4.69) is 10.2 Å². The van der Waals surface area contributed by atoms with E-state index in [1.54, 1.807) is 17.2 Å². The van der Waals surface area contributed by atoms with Crippen LogP contribution >= 0.6 is 0 Å². The number of nitrogens with zero attached hydrogens (tertiary/aromatic N) is 2. The maximum absolute atomic E-state index is 12.4. The molecule has 3 aliphatic heterocycles. The summed E-state index contributed by atoms with van der Waals surface area (Å²) in [6.07, 6.45) is 5.73. The van der Waals surface area contributed by atoms with E-state index in [0.29, 0.717) is 5.92 Å². The lowest BCUT2D eigenvalue weighted by atomic mass is 9.83. The molecule has 0 spiro atoms. The standard InChI is InChI=1S/C18H25N5O/c1-22(16-13-23-11-8-14(16)9-12-23)18(24)21-17(19)7-10-20-15-5-3-2-4-6-15/h2-7,10,14,16,20H,8-9,11-13H2,1H3,(H2,19,21,24)/p+1/b10-7-/t16-/m0/s1. The number of carbonyl (C=O) groups is 1. The van der Waals surface area contributed by atoms with Crippen molar-refractivity contribution >= 4 is 17.6 Å². The molecule has 1 aromatic rings. The Balaban J connectivity index is 1.48. The van der Waals surface area contributed by atoms with Crippen molar-refractivity contribution in [2.24, 2.45) is 5.92 Å². The highest BCUT2D eigenvalue weighted by Crippen LogP contribution is 2.30. The van der Waals surface area contributed by atoms with Gasteiger partial charge in [-0.2, -0.15) is 0 Å². The van der Waals surface area contributed by atoms with Crippen LogP contribution in [0.1, 0.15) is 12.8 Å². The zero-order valence-corrected chi connectivity index (χ0v) is 14.1. The number of nitrogens with two attached hydrogens (primary N) is 1. The van der Waals surface area contributed by atoms with Gasteiger partial charge in [-0.05, 0) is 44.0 Å². The lowest BCUT2D eigenvalue weighted by Gasteiger charge is -2.47. The first-order valence-electron chi connectivity index (χ1n) is 8.54. The summed E-state index contributed by atoms with van der Waals surface area (Å²) in [5.74, 6) is 0.710. The van der Waals surface area contributed by atoms with Crippen molar-refractivity contribution < 1.29 is 10.1 Å². The zero-order chi connectivity index (χ0) is 16.9. The third-order valence-corrected chi connectivity index (χ3v) is 5.03. The highest BCUT2D eigenvalue weighted by molar-refractivity contribution is 6.01. The number of amidine groups is 1. The van der Waals surface area contributed by atoms with Crippen molar-refractivity contribution in [3.8, 4) is 0 Å². The van der Waals surface area contributed by atoms with E-state index in [0.717, 1.165) is 25.3 Å². The molecule has 0 unspecified atom stereocenters. The quantitative estimate of drug-likeness (QED) is 0.440. The average molecular weight is 328 g/mol. The minimum Gasteiger partial charge on any atom is -0.323 e. The third-order valence-electron chi connectivity index (χ3n) is 5.03. The number of quaternary nitrogens is 1. The van der Waals surface area contributed by atoms with Crippen molar-refractivity contribution in [2.45, 2.75) is 18.9 Å². The van der Waals surface area contributed by atoms with Gasteiger partial charge in [-0.15, -0.1) is 0 Å². The molecule has 3 heterocycles. The first kappa shape index (κ1) is 16.7. The molecule has 4 rings (SSSR count). The second-order valence-electron chi connectivity index (χ2n) is 6.60. The lowest BCUT2D eigenvalue weighted by Crippen LogP contribution is -2.71. The van der Waals surface area contributed by atoms with Crippen molar-refractivity contribution in [1.29, 1.82) is 5.41 Å². The number of nitrogens with one attached hydrogen (secondary N) is 2. The van der Waals surface area contributed by atoms with Crippen LogP contribution in [0.4, 0.5) is 10.5 Å². The number of para-hydroxylation sites is 1. The van der Waals surface area contributed by atoms with Crippen LogP contribution < -0.4 is 10.6 Å². The molecule has 2 bridgehead atoms. The predicted molar refractivity (Wildman–Crippen MR) is 94.1 cm³/mol. The van der Waals surface area contributed by atoms with E-state index >= 15 is 0 Å². The summed E-state index contributed by atoms with van der Waals surface area (Å²) in [6, 6.07) is 9.96. The SMILES string of the molecule is CN(C(=O)NC(=N)/C=C\[NH2+]c1ccccc1)[C@H]1CN2CCC1CC2. The summed E-state index contributed by atoms with van der Waals surface area (Å²) in [4.78, 5) is 16.6. The molecule has 6 heteroatoms. The number of rotatable bonds is 4. The van der Waals surface area contributed by atoms with Gasteiger partial charge in [0.1, 0.15) is 17.7 Å². The van der Waals surface area contributed by atoms with Crippen LogP contribution in [-0.2, 0) is 0 Å². The first-order valence-corrected chi connectivity index (χ1v) is 8.54. The molecule has 1 atom stereocenters. The monoisotopic (exact) mass is 328 g/mol. The number of amides is 2. The zero-order valence-electron chi connectivity index (χ0n) is 14.1. The Labute approximate surface area is 143 Å². The Bertz CT molecular complexity index is 607. The minimum absolute atomic E-state index is 0.111. The van der Waals surface area contributed by atoms with Gasteiger partial charge in [0.15, 0.2) is 0 Å². The van der Waals surface area contributed by atoms with Crippen molar-refractivity contribution in [2.75, 3.05) is 26.7 Å². The molecule has 3 aliphatic rings. The molecule has 6 nitrogen and oxygen atoms in total. The molecule has 0 aromatic heterocycles. The smallest absolute Gasteiger partial charge is 0.323 e. The molecule has 1 aromatic carbocycles. The second-order valence-corrected chi connectivity index (χ2v) is 6.60. The van der Waals surface area contributed by atoms with Gasteiger partial charge in [0.05, 0.1) is 0 Å². The van der Waals surface area contributed by atoms with E-state index in [1.807, 2.05) is 42.7 Å². The molecular formula is C18H26N5O+. The number of likely N-dealkylation sites (N-methyl/N-ethyl adjacent to an activating group) is 1. The topological polar surface area (TPSA) is 76.0 Å². The molecule has 0 saturated carbocycles. The van der Waals surface area contributed by atoms with Gasteiger partial charge in [-0.1, -0.05) is 18.2 Å². The van der Waals surface area contributed by atoms with Crippen LogP contribution in [0, 0.1) is 11.3 Å². The van der Waals surface area contributed by atoms with E-state index in [4.69, 9.17) is 5.41 Å². The normalized spacial score (nSPS) is 25.6. The maximum Gasteiger partial charge on any atom is 0.323 e. The minimum atomic E-state index is -0.192. The average Bonchev–Trinajstić information content (AvgIpc) is 2.63. The predicted octanol–water partition coefficient (Wildman–Crippen LogP) is 1.11. The van der Waals surface area contributed by atoms with Gasteiger partial charge in [0, 0.05) is 25.7 Å². The summed E-state index contributed by atoms with van der Waals surface area (Å²) in [5, 5.41) is 12.5. The molecule has 0 aliphatic carbocycles. The van der Waals surface area contributed by atoms with Crippen molar-refractivity contribution in [3.05, 3.63) is 42.6 Å². The lowest BCUT2D eigenvalue weighted by molar-refractivity contribution is -0.496. The summed E-state index contributed by atoms with van der Waals surface area (Å²) in [6.45, 7) is 3.27. The van der Waals surface area contributed by atoms with Crippen LogP contribution in [-0.4, -0.2) is 54.4 Å². The Morgan fingerprint density at radius 1 is 1.33 bits per heavy atom. The molecule has 3 fully saturated rings. The Morgan fingerprint density at radius 3 is 2.67 bits per heavy atom. The fraction of sp³-hybridized carbons (Fsp3) is 0.444. The number of hydrogen-bond acceptors (Lipinski definition) is 3. The van der Waals surface area contributed by atoms with Crippen LogP contribution in [0.15, 0.2) is 42.6 Å².